The monoisotopic (exact) mass is 246 g/mol. The van der Waals surface area contributed by atoms with Gasteiger partial charge in [-0.05, 0) is 13.0 Å². The van der Waals surface area contributed by atoms with Gasteiger partial charge in [0.1, 0.15) is 10.5 Å². The van der Waals surface area contributed by atoms with E-state index in [1.54, 1.807) is 6.92 Å². The lowest BCUT2D eigenvalue weighted by molar-refractivity contribution is -0.132. The topological polar surface area (TPSA) is 80.7 Å². The minimum absolute atomic E-state index is 0.250. The van der Waals surface area contributed by atoms with E-state index in [0.29, 0.717) is 0 Å². The number of hydrogen-bond donors (Lipinski definition) is 1. The van der Waals surface area contributed by atoms with E-state index in [2.05, 4.69) is 6.58 Å². The highest BCUT2D eigenvalue weighted by atomic mass is 32.2. The molecule has 0 amide bonds. The number of sulfone groups is 1. The highest BCUT2D eigenvalue weighted by Gasteiger charge is 2.21. The average molecular weight is 246 g/mol. The molecule has 5 nitrogen and oxygen atoms in total. The Labute approximate surface area is 94.6 Å². The second kappa shape index (κ2) is 5.50. The molecule has 0 aromatic carbocycles. The van der Waals surface area contributed by atoms with Crippen LogP contribution in [0.15, 0.2) is 35.0 Å². The van der Waals surface area contributed by atoms with E-state index >= 15 is 0 Å². The number of carboxylic acid groups (broad SMARTS) is 1. The third kappa shape index (κ3) is 3.54. The first-order valence-electron chi connectivity index (χ1n) is 4.29. The van der Waals surface area contributed by atoms with E-state index in [9.17, 15) is 13.2 Å². The Hall–Kier alpha value is -1.56. The van der Waals surface area contributed by atoms with Crippen molar-refractivity contribution in [1.82, 2.24) is 0 Å². The van der Waals surface area contributed by atoms with Crippen LogP contribution < -0.4 is 0 Å². The summed E-state index contributed by atoms with van der Waals surface area (Å²) >= 11 is 0. The molecule has 0 aliphatic heterocycles. The summed E-state index contributed by atoms with van der Waals surface area (Å²) in [5.74, 6) is -1.53. The molecule has 16 heavy (non-hydrogen) atoms. The van der Waals surface area contributed by atoms with Crippen molar-refractivity contribution in [3.63, 3.8) is 0 Å². The van der Waals surface area contributed by atoms with Gasteiger partial charge in [0, 0.05) is 6.26 Å². The van der Waals surface area contributed by atoms with Gasteiger partial charge >= 0.3 is 5.97 Å². The van der Waals surface area contributed by atoms with Crippen LogP contribution >= 0.6 is 0 Å². The Morgan fingerprint density at radius 1 is 1.44 bits per heavy atom. The Morgan fingerprint density at radius 2 is 1.94 bits per heavy atom. The Balaban J connectivity index is 5.80. The maximum Gasteiger partial charge on any atom is 0.339 e. The maximum absolute atomic E-state index is 11.2. The molecule has 0 atom stereocenters. The molecular weight excluding hydrogens is 232 g/mol. The zero-order valence-electron chi connectivity index (χ0n) is 9.35. The standard InChI is InChI=1S/C10H14O5S/c1-5-6-8(10(11)12)9(15-3)7(2)16(4,13)14/h5-6H,2H2,1,3-4H3,(H,11,12)/b6-5-,9-8-. The first-order valence-corrected chi connectivity index (χ1v) is 6.18. The van der Waals surface area contributed by atoms with Crippen LogP contribution in [0.25, 0.3) is 0 Å². The van der Waals surface area contributed by atoms with Crippen LogP contribution in [-0.2, 0) is 19.4 Å². The average Bonchev–Trinajstić information content (AvgIpc) is 2.15. The predicted molar refractivity (Wildman–Crippen MR) is 60.5 cm³/mol. The summed E-state index contributed by atoms with van der Waals surface area (Å²) in [5, 5.41) is 8.90. The molecule has 0 heterocycles. The molecule has 0 bridgehead atoms. The zero-order valence-corrected chi connectivity index (χ0v) is 10.2. The molecular formula is C10H14O5S. The molecule has 0 fully saturated rings. The van der Waals surface area contributed by atoms with Crippen molar-refractivity contribution >= 4 is 15.8 Å². The van der Waals surface area contributed by atoms with E-state index in [-0.39, 0.29) is 16.2 Å². The molecule has 0 saturated carbocycles. The molecule has 0 aromatic rings. The number of aliphatic carboxylic acids is 1. The number of methoxy groups -OCH3 is 1. The minimum Gasteiger partial charge on any atom is -0.495 e. The van der Waals surface area contributed by atoms with Crippen LogP contribution in [-0.4, -0.2) is 32.9 Å². The van der Waals surface area contributed by atoms with Crippen LogP contribution in [0.2, 0.25) is 0 Å². The number of ether oxygens (including phenoxy) is 1. The lowest BCUT2D eigenvalue weighted by Gasteiger charge is -2.10. The van der Waals surface area contributed by atoms with Crippen molar-refractivity contribution < 1.29 is 23.1 Å². The third-order valence-electron chi connectivity index (χ3n) is 1.71. The second-order valence-electron chi connectivity index (χ2n) is 2.95. The van der Waals surface area contributed by atoms with Crippen LogP contribution in [0.3, 0.4) is 0 Å². The summed E-state index contributed by atoms with van der Waals surface area (Å²) < 4.78 is 27.2. The summed E-state index contributed by atoms with van der Waals surface area (Å²) in [6.45, 7) is 4.93. The van der Waals surface area contributed by atoms with E-state index in [1.165, 1.54) is 19.3 Å². The van der Waals surface area contributed by atoms with Crippen molar-refractivity contribution in [1.29, 1.82) is 0 Å². The van der Waals surface area contributed by atoms with Gasteiger partial charge in [-0.3, -0.25) is 0 Å². The van der Waals surface area contributed by atoms with Gasteiger partial charge in [-0.25, -0.2) is 13.2 Å². The molecule has 90 valence electrons. The summed E-state index contributed by atoms with van der Waals surface area (Å²) in [4.78, 5) is 10.5. The Bertz CT molecular complexity index is 454. The second-order valence-corrected chi connectivity index (χ2v) is 4.98. The summed E-state index contributed by atoms with van der Waals surface area (Å²) in [6.07, 6.45) is 3.65. The quantitative estimate of drug-likeness (QED) is 0.446. The first-order chi connectivity index (χ1) is 7.25. The third-order valence-corrected chi connectivity index (χ3v) is 2.79. The van der Waals surface area contributed by atoms with Gasteiger partial charge in [-0.2, -0.15) is 0 Å². The fourth-order valence-corrected chi connectivity index (χ4v) is 1.48. The molecule has 0 aliphatic carbocycles. The molecule has 0 spiro atoms. The number of hydrogen-bond acceptors (Lipinski definition) is 4. The molecule has 0 aliphatic rings. The lowest BCUT2D eigenvalue weighted by atomic mass is 10.2. The van der Waals surface area contributed by atoms with Crippen molar-refractivity contribution in [2.24, 2.45) is 0 Å². The zero-order chi connectivity index (χ0) is 12.9. The summed E-state index contributed by atoms with van der Waals surface area (Å²) in [5.41, 5.74) is -0.250. The van der Waals surface area contributed by atoms with Crippen molar-refractivity contribution in [2.45, 2.75) is 6.92 Å². The van der Waals surface area contributed by atoms with Crippen LogP contribution in [0.5, 0.6) is 0 Å². The molecule has 0 aromatic heterocycles. The SMILES string of the molecule is C=C(/C(OC)=C(\C=C/C)C(=O)O)S(C)(=O)=O. The number of allylic oxidation sites excluding steroid dienone is 1. The number of rotatable bonds is 5. The number of carboxylic acids is 1. The fourth-order valence-electron chi connectivity index (χ4n) is 0.953. The van der Waals surface area contributed by atoms with Crippen molar-refractivity contribution in [3.8, 4) is 0 Å². The Morgan fingerprint density at radius 3 is 2.19 bits per heavy atom. The molecule has 0 rings (SSSR count). The van der Waals surface area contributed by atoms with Crippen LogP contribution in [0.1, 0.15) is 6.92 Å². The number of carbonyl (C=O) groups is 1. The highest BCUT2D eigenvalue weighted by Crippen LogP contribution is 2.20. The molecule has 0 radical (unpaired) electrons. The minimum atomic E-state index is -3.59. The lowest BCUT2D eigenvalue weighted by Crippen LogP contribution is -2.10. The predicted octanol–water partition coefficient (Wildman–Crippen LogP) is 1.11. The van der Waals surface area contributed by atoms with E-state index in [0.717, 1.165) is 6.26 Å². The largest absolute Gasteiger partial charge is 0.495 e. The van der Waals surface area contributed by atoms with E-state index in [1.807, 2.05) is 0 Å². The van der Waals surface area contributed by atoms with Gasteiger partial charge in [-0.15, -0.1) is 0 Å². The van der Waals surface area contributed by atoms with Gasteiger partial charge in [0.25, 0.3) is 0 Å². The fraction of sp³-hybridized carbons (Fsp3) is 0.300. The first kappa shape index (κ1) is 14.4. The summed E-state index contributed by atoms with van der Waals surface area (Å²) in [6, 6.07) is 0. The van der Waals surface area contributed by atoms with Gasteiger partial charge in [0.05, 0.1) is 7.11 Å². The molecule has 0 saturated heterocycles. The van der Waals surface area contributed by atoms with E-state index < -0.39 is 15.8 Å². The van der Waals surface area contributed by atoms with Gasteiger partial charge in [0.15, 0.2) is 15.6 Å². The van der Waals surface area contributed by atoms with Gasteiger partial charge in [-0.1, -0.05) is 12.7 Å². The Kier molecular flexibility index (Phi) is 4.97. The molecule has 1 N–H and O–H groups in total. The van der Waals surface area contributed by atoms with Gasteiger partial charge in [0.2, 0.25) is 0 Å². The molecule has 6 heteroatoms. The normalized spacial score (nSPS) is 13.4. The maximum atomic E-state index is 11.2. The molecule has 0 unspecified atom stereocenters. The smallest absolute Gasteiger partial charge is 0.339 e. The van der Waals surface area contributed by atoms with Crippen LogP contribution in [0.4, 0.5) is 0 Å². The summed E-state index contributed by atoms with van der Waals surface area (Å²) in [7, 11) is -2.39. The van der Waals surface area contributed by atoms with E-state index in [4.69, 9.17) is 9.84 Å². The van der Waals surface area contributed by atoms with Crippen molar-refractivity contribution in [2.75, 3.05) is 13.4 Å². The highest BCUT2D eigenvalue weighted by molar-refractivity contribution is 7.94. The van der Waals surface area contributed by atoms with Crippen molar-refractivity contribution in [3.05, 3.63) is 35.0 Å². The van der Waals surface area contributed by atoms with Crippen LogP contribution in [0, 0.1) is 0 Å². The van der Waals surface area contributed by atoms with Gasteiger partial charge < -0.3 is 9.84 Å².